The highest BCUT2D eigenvalue weighted by atomic mass is 16.2. The summed E-state index contributed by atoms with van der Waals surface area (Å²) in [7, 11) is 4.37. The maximum atomic E-state index is 9.41. The molecule has 3 nitrogen and oxygen atoms in total. The molecule has 3 heteroatoms. The highest BCUT2D eigenvalue weighted by Crippen LogP contribution is 2.37. The van der Waals surface area contributed by atoms with Crippen LogP contribution in [0.25, 0.3) is 10.9 Å². The number of hydrogen-bond donors (Lipinski definition) is 2. The molecule has 0 bridgehead atoms. The first-order chi connectivity index (χ1) is 13.2. The van der Waals surface area contributed by atoms with E-state index in [0.717, 1.165) is 12.5 Å². The van der Waals surface area contributed by atoms with E-state index in [0.29, 0.717) is 5.92 Å². The molecule has 1 fully saturated rings. The number of hydrogen-bond acceptors (Lipinski definition) is 2. The van der Waals surface area contributed by atoms with Crippen LogP contribution in [0.1, 0.15) is 42.9 Å². The van der Waals surface area contributed by atoms with Crippen LogP contribution in [0.4, 0.5) is 0 Å². The number of nitrogens with one attached hydrogen (secondary N) is 1. The molecule has 1 aromatic heterocycles. The topological polar surface area (TPSA) is 39.3 Å². The van der Waals surface area contributed by atoms with Crippen LogP contribution in [0, 0.1) is 0 Å². The second kappa shape index (κ2) is 9.72. The van der Waals surface area contributed by atoms with Crippen molar-refractivity contribution in [3.8, 4) is 0 Å². The molecule has 1 aliphatic rings. The molecular weight excluding hydrogens is 332 g/mol. The van der Waals surface area contributed by atoms with E-state index in [1.807, 2.05) is 36.4 Å². The van der Waals surface area contributed by atoms with Gasteiger partial charge in [0, 0.05) is 29.2 Å². The van der Waals surface area contributed by atoms with Gasteiger partial charge in [-0.15, -0.1) is 0 Å². The third-order valence-electron chi connectivity index (χ3n) is 5.71. The molecule has 27 heavy (non-hydrogen) atoms. The first-order valence-electron chi connectivity index (χ1n) is 10.1. The molecule has 0 unspecified atom stereocenters. The maximum absolute atomic E-state index is 9.41. The van der Waals surface area contributed by atoms with Crippen molar-refractivity contribution in [2.75, 3.05) is 20.7 Å². The molecule has 0 aliphatic heterocycles. The summed E-state index contributed by atoms with van der Waals surface area (Å²) < 4.78 is 0. The zero-order valence-corrected chi connectivity index (χ0v) is 16.6. The van der Waals surface area contributed by atoms with Crippen molar-refractivity contribution in [3.05, 3.63) is 71.9 Å². The molecule has 2 N–H and O–H groups in total. The Morgan fingerprint density at radius 2 is 1.48 bits per heavy atom. The quantitative estimate of drug-likeness (QED) is 0.685. The van der Waals surface area contributed by atoms with Crippen molar-refractivity contribution < 1.29 is 5.11 Å². The molecule has 4 rings (SSSR count). The number of rotatable bonds is 4. The minimum absolute atomic E-state index is 0.224. The molecule has 0 atom stereocenters. The van der Waals surface area contributed by atoms with Gasteiger partial charge in [-0.25, -0.2) is 0 Å². The second-order valence-corrected chi connectivity index (χ2v) is 7.66. The molecule has 2 aromatic carbocycles. The number of benzene rings is 2. The number of H-pyrrole nitrogens is 1. The Hall–Kier alpha value is -2.10. The monoisotopic (exact) mass is 364 g/mol. The lowest BCUT2D eigenvalue weighted by Gasteiger charge is -2.32. The first-order valence-corrected chi connectivity index (χ1v) is 10.1. The Morgan fingerprint density at radius 3 is 2.04 bits per heavy atom. The van der Waals surface area contributed by atoms with Crippen LogP contribution < -0.4 is 0 Å². The third-order valence-corrected chi connectivity index (χ3v) is 5.71. The first kappa shape index (κ1) is 19.7. The molecule has 144 valence electrons. The lowest BCUT2D eigenvalue weighted by atomic mass is 9.82. The molecule has 0 saturated heterocycles. The zero-order chi connectivity index (χ0) is 19.1. The summed E-state index contributed by atoms with van der Waals surface area (Å²) in [6, 6.07) is 21.2. The van der Waals surface area contributed by atoms with Crippen LogP contribution in [0.2, 0.25) is 0 Å². The summed E-state index contributed by atoms with van der Waals surface area (Å²) in [6.07, 6.45) is 5.78. The van der Waals surface area contributed by atoms with E-state index < -0.39 is 0 Å². The highest BCUT2D eigenvalue weighted by Gasteiger charge is 2.26. The smallest absolute Gasteiger partial charge is 0.0472 e. The van der Waals surface area contributed by atoms with Gasteiger partial charge in [0.1, 0.15) is 0 Å². The fourth-order valence-corrected chi connectivity index (χ4v) is 4.22. The lowest BCUT2D eigenvalue weighted by Crippen LogP contribution is -2.31. The molecular formula is C24H32N2O. The van der Waals surface area contributed by atoms with Crippen molar-refractivity contribution in [2.45, 2.75) is 44.1 Å². The largest absolute Gasteiger partial charge is 0.396 e. The Morgan fingerprint density at radius 1 is 0.889 bits per heavy atom. The average molecular weight is 365 g/mol. The number of aromatic nitrogens is 1. The predicted molar refractivity (Wildman–Crippen MR) is 114 cm³/mol. The Labute approximate surface area is 163 Å². The minimum atomic E-state index is 0.224. The van der Waals surface area contributed by atoms with Crippen molar-refractivity contribution in [1.29, 1.82) is 0 Å². The van der Waals surface area contributed by atoms with Gasteiger partial charge in [-0.2, -0.15) is 0 Å². The van der Waals surface area contributed by atoms with Gasteiger partial charge in [0.25, 0.3) is 0 Å². The molecule has 0 radical (unpaired) electrons. The number of aromatic amines is 1. The molecule has 0 amide bonds. The van der Waals surface area contributed by atoms with E-state index in [2.05, 4.69) is 48.2 Å². The van der Waals surface area contributed by atoms with Gasteiger partial charge in [0.15, 0.2) is 0 Å². The molecule has 0 spiro atoms. The number of para-hydroxylation sites is 1. The molecule has 1 aliphatic carbocycles. The van der Waals surface area contributed by atoms with Gasteiger partial charge >= 0.3 is 0 Å². The van der Waals surface area contributed by atoms with Gasteiger partial charge < -0.3 is 15.0 Å². The van der Waals surface area contributed by atoms with Gasteiger partial charge in [0.2, 0.25) is 0 Å². The van der Waals surface area contributed by atoms with Crippen molar-refractivity contribution >= 4 is 10.9 Å². The maximum Gasteiger partial charge on any atom is 0.0472 e. The summed E-state index contributed by atoms with van der Waals surface area (Å²) in [4.78, 5) is 6.00. The predicted octanol–water partition coefficient (Wildman–Crippen LogP) is 4.98. The van der Waals surface area contributed by atoms with Crippen LogP contribution in [0.3, 0.4) is 0 Å². The van der Waals surface area contributed by atoms with E-state index in [1.165, 1.54) is 47.8 Å². The van der Waals surface area contributed by atoms with Crippen molar-refractivity contribution in [3.63, 3.8) is 0 Å². The molecule has 3 aromatic rings. The highest BCUT2D eigenvalue weighted by molar-refractivity contribution is 5.84. The number of aliphatic hydroxyl groups excluding tert-OH is 1. The fourth-order valence-electron chi connectivity index (χ4n) is 4.22. The number of nitrogens with zero attached hydrogens (tertiary/aromatic N) is 1. The normalized spacial score (nSPS) is 19.7. The summed E-state index contributed by atoms with van der Waals surface area (Å²) in [5.74, 6) is 0.621. The van der Waals surface area contributed by atoms with E-state index in [1.54, 1.807) is 0 Å². The Bertz CT molecular complexity index is 775. The van der Waals surface area contributed by atoms with Crippen LogP contribution in [0.5, 0.6) is 0 Å². The van der Waals surface area contributed by atoms with Gasteiger partial charge in [-0.1, -0.05) is 54.6 Å². The van der Waals surface area contributed by atoms with Gasteiger partial charge in [-0.05, 0) is 63.7 Å². The van der Waals surface area contributed by atoms with E-state index in [9.17, 15) is 5.11 Å². The van der Waals surface area contributed by atoms with E-state index >= 15 is 0 Å². The Kier molecular flexibility index (Phi) is 7.08. The SMILES string of the molecule is CN(C)C1CCC(c2[nH]c3ccccc3c2CCO)CC1.c1ccccc1. The van der Waals surface area contributed by atoms with Crippen LogP contribution in [0.15, 0.2) is 60.7 Å². The summed E-state index contributed by atoms with van der Waals surface area (Å²) in [5.41, 5.74) is 3.93. The van der Waals surface area contributed by atoms with E-state index in [-0.39, 0.29) is 6.61 Å². The fraction of sp³-hybridized carbons (Fsp3) is 0.417. The average Bonchev–Trinajstić information content (AvgIpc) is 3.09. The van der Waals surface area contributed by atoms with E-state index in [4.69, 9.17) is 0 Å². The molecule has 1 heterocycles. The minimum Gasteiger partial charge on any atom is -0.396 e. The van der Waals surface area contributed by atoms with Crippen LogP contribution in [-0.2, 0) is 6.42 Å². The second-order valence-electron chi connectivity index (χ2n) is 7.66. The summed E-state index contributed by atoms with van der Waals surface area (Å²) in [6.45, 7) is 0.224. The van der Waals surface area contributed by atoms with Crippen LogP contribution >= 0.6 is 0 Å². The lowest BCUT2D eigenvalue weighted by molar-refractivity contribution is 0.215. The van der Waals surface area contributed by atoms with Crippen molar-refractivity contribution in [1.82, 2.24) is 9.88 Å². The van der Waals surface area contributed by atoms with Crippen LogP contribution in [-0.4, -0.2) is 41.7 Å². The summed E-state index contributed by atoms with van der Waals surface area (Å²) in [5, 5.41) is 10.7. The number of fused-ring (bicyclic) bond motifs is 1. The zero-order valence-electron chi connectivity index (χ0n) is 16.6. The summed E-state index contributed by atoms with van der Waals surface area (Å²) >= 11 is 0. The van der Waals surface area contributed by atoms with Crippen molar-refractivity contribution in [2.24, 2.45) is 0 Å². The Balaban J connectivity index is 0.000000299. The number of aliphatic hydroxyl groups is 1. The van der Waals surface area contributed by atoms with Gasteiger partial charge in [-0.3, -0.25) is 0 Å². The standard InChI is InChI=1S/C18H26N2O.C6H6/c1-20(2)14-9-7-13(8-10-14)18-16(11-12-21)15-5-3-4-6-17(15)19-18;1-2-4-6-5-3-1/h3-6,13-14,19,21H,7-12H2,1-2H3;1-6H. The van der Waals surface area contributed by atoms with Gasteiger partial charge in [0.05, 0.1) is 0 Å². The molecule has 1 saturated carbocycles. The third kappa shape index (κ3) is 5.00.